The summed E-state index contributed by atoms with van der Waals surface area (Å²) in [6.45, 7) is 10.3. The first-order valence-corrected chi connectivity index (χ1v) is 6.99. The third kappa shape index (κ3) is 4.84. The van der Waals surface area contributed by atoms with Crippen molar-refractivity contribution in [3.63, 3.8) is 0 Å². The summed E-state index contributed by atoms with van der Waals surface area (Å²) in [6.07, 6.45) is 8.19. The quantitative estimate of drug-likeness (QED) is 0.781. The minimum absolute atomic E-state index is 0.328. The Morgan fingerprint density at radius 2 is 2.00 bits per heavy atom. The van der Waals surface area contributed by atoms with Crippen molar-refractivity contribution in [2.75, 3.05) is 19.6 Å². The molecule has 0 aromatic rings. The van der Waals surface area contributed by atoms with Crippen molar-refractivity contribution in [3.05, 3.63) is 0 Å². The fourth-order valence-corrected chi connectivity index (χ4v) is 2.53. The van der Waals surface area contributed by atoms with Gasteiger partial charge >= 0.3 is 0 Å². The molecule has 0 aromatic heterocycles. The molecule has 1 rings (SSSR count). The van der Waals surface area contributed by atoms with Crippen LogP contribution in [0.4, 0.5) is 0 Å². The van der Waals surface area contributed by atoms with Gasteiger partial charge in [-0.15, -0.1) is 0 Å². The van der Waals surface area contributed by atoms with E-state index in [0.29, 0.717) is 5.41 Å². The molecule has 1 atom stereocenters. The van der Waals surface area contributed by atoms with Gasteiger partial charge in [-0.1, -0.05) is 26.7 Å². The second kappa shape index (κ2) is 6.61. The average molecular weight is 226 g/mol. The molecule has 1 unspecified atom stereocenters. The largest absolute Gasteiger partial charge is 0.330 e. The van der Waals surface area contributed by atoms with Crippen molar-refractivity contribution in [2.24, 2.45) is 11.1 Å². The molecular formula is C14H30N2. The molecule has 0 saturated carbocycles. The van der Waals surface area contributed by atoms with Crippen molar-refractivity contribution in [1.82, 2.24) is 4.90 Å². The first kappa shape index (κ1) is 14.0. The van der Waals surface area contributed by atoms with Crippen LogP contribution < -0.4 is 5.73 Å². The van der Waals surface area contributed by atoms with E-state index in [1.807, 2.05) is 0 Å². The smallest absolute Gasteiger partial charge is 0.00669 e. The van der Waals surface area contributed by atoms with Crippen LogP contribution in [0.25, 0.3) is 0 Å². The highest BCUT2D eigenvalue weighted by molar-refractivity contribution is 4.74. The van der Waals surface area contributed by atoms with E-state index < -0.39 is 0 Å². The van der Waals surface area contributed by atoms with Crippen molar-refractivity contribution >= 4 is 0 Å². The summed E-state index contributed by atoms with van der Waals surface area (Å²) in [5.41, 5.74) is 6.09. The first-order chi connectivity index (χ1) is 7.55. The molecule has 1 saturated heterocycles. The highest BCUT2D eigenvalue weighted by Gasteiger charge is 2.19. The second-order valence-corrected chi connectivity index (χ2v) is 6.21. The number of nitrogens with two attached hydrogens (primary N) is 1. The van der Waals surface area contributed by atoms with E-state index in [4.69, 9.17) is 5.73 Å². The molecule has 2 N–H and O–H groups in total. The Kier molecular flexibility index (Phi) is 5.77. The SMILES string of the molecule is CC1CCCCCN1CCCC(C)(C)CN. The number of rotatable bonds is 5. The topological polar surface area (TPSA) is 29.3 Å². The van der Waals surface area contributed by atoms with Crippen molar-refractivity contribution in [1.29, 1.82) is 0 Å². The van der Waals surface area contributed by atoms with E-state index in [-0.39, 0.29) is 0 Å². The fraction of sp³-hybridized carbons (Fsp3) is 1.00. The molecule has 0 aliphatic carbocycles. The van der Waals surface area contributed by atoms with Crippen LogP contribution in [-0.2, 0) is 0 Å². The molecule has 0 bridgehead atoms. The minimum Gasteiger partial charge on any atom is -0.330 e. The molecule has 0 spiro atoms. The molecule has 2 nitrogen and oxygen atoms in total. The molecule has 1 aliphatic heterocycles. The standard InChI is InChI=1S/C14H30N2/c1-13-8-5-4-6-10-16(13)11-7-9-14(2,3)12-15/h13H,4-12,15H2,1-3H3. The molecule has 0 amide bonds. The number of hydrogen-bond acceptors (Lipinski definition) is 2. The zero-order valence-electron chi connectivity index (χ0n) is 11.5. The van der Waals surface area contributed by atoms with Crippen LogP contribution in [0.1, 0.15) is 59.3 Å². The molecule has 2 heteroatoms. The lowest BCUT2D eigenvalue weighted by Gasteiger charge is -2.29. The summed E-state index contributed by atoms with van der Waals surface area (Å²) in [6, 6.07) is 0.795. The molecular weight excluding hydrogens is 196 g/mol. The van der Waals surface area contributed by atoms with Gasteiger partial charge in [-0.3, -0.25) is 0 Å². The van der Waals surface area contributed by atoms with E-state index in [9.17, 15) is 0 Å². The lowest BCUT2D eigenvalue weighted by Crippen LogP contribution is -2.34. The molecule has 1 aliphatic rings. The summed E-state index contributed by atoms with van der Waals surface area (Å²) in [5, 5.41) is 0. The van der Waals surface area contributed by atoms with Crippen molar-refractivity contribution in [2.45, 2.75) is 65.3 Å². The van der Waals surface area contributed by atoms with Crippen molar-refractivity contribution in [3.8, 4) is 0 Å². The molecule has 96 valence electrons. The van der Waals surface area contributed by atoms with E-state index in [1.165, 1.54) is 51.6 Å². The Balaban J connectivity index is 2.25. The van der Waals surface area contributed by atoms with Gasteiger partial charge < -0.3 is 10.6 Å². The number of hydrogen-bond donors (Lipinski definition) is 1. The maximum atomic E-state index is 5.76. The van der Waals surface area contributed by atoms with Crippen LogP contribution in [0.5, 0.6) is 0 Å². The summed E-state index contributed by atoms with van der Waals surface area (Å²) in [7, 11) is 0. The fourth-order valence-electron chi connectivity index (χ4n) is 2.53. The molecule has 0 aromatic carbocycles. The van der Waals surface area contributed by atoms with Gasteiger partial charge in [-0.25, -0.2) is 0 Å². The van der Waals surface area contributed by atoms with Gasteiger partial charge in [-0.2, -0.15) is 0 Å². The zero-order valence-corrected chi connectivity index (χ0v) is 11.5. The minimum atomic E-state index is 0.328. The lowest BCUT2D eigenvalue weighted by molar-refractivity contribution is 0.196. The first-order valence-electron chi connectivity index (χ1n) is 6.99. The van der Waals surface area contributed by atoms with Gasteiger partial charge in [0.15, 0.2) is 0 Å². The van der Waals surface area contributed by atoms with E-state index in [2.05, 4.69) is 25.7 Å². The predicted octanol–water partition coefficient (Wildman–Crippen LogP) is 3.02. The molecule has 0 radical (unpaired) electrons. The van der Waals surface area contributed by atoms with Crippen LogP contribution in [0.3, 0.4) is 0 Å². The monoisotopic (exact) mass is 226 g/mol. The highest BCUT2D eigenvalue weighted by atomic mass is 15.1. The van der Waals surface area contributed by atoms with E-state index in [1.54, 1.807) is 0 Å². The maximum Gasteiger partial charge on any atom is 0.00669 e. The number of likely N-dealkylation sites (tertiary alicyclic amines) is 1. The normalized spacial score (nSPS) is 24.4. The highest BCUT2D eigenvalue weighted by Crippen LogP contribution is 2.22. The van der Waals surface area contributed by atoms with Crippen LogP contribution in [-0.4, -0.2) is 30.6 Å². The molecule has 1 fully saturated rings. The van der Waals surface area contributed by atoms with Crippen LogP contribution >= 0.6 is 0 Å². The zero-order chi connectivity index (χ0) is 12.0. The average Bonchev–Trinajstić information content (AvgIpc) is 2.44. The van der Waals surface area contributed by atoms with Crippen LogP contribution in [0.2, 0.25) is 0 Å². The van der Waals surface area contributed by atoms with Gasteiger partial charge in [0, 0.05) is 6.04 Å². The Hall–Kier alpha value is -0.0800. The summed E-state index contributed by atoms with van der Waals surface area (Å²) in [4.78, 5) is 2.68. The van der Waals surface area contributed by atoms with Gasteiger partial charge in [0.1, 0.15) is 0 Å². The van der Waals surface area contributed by atoms with Gasteiger partial charge in [0.2, 0.25) is 0 Å². The van der Waals surface area contributed by atoms with E-state index in [0.717, 1.165) is 12.6 Å². The van der Waals surface area contributed by atoms with Gasteiger partial charge in [0.05, 0.1) is 0 Å². The van der Waals surface area contributed by atoms with E-state index >= 15 is 0 Å². The van der Waals surface area contributed by atoms with Crippen molar-refractivity contribution < 1.29 is 0 Å². The molecule has 16 heavy (non-hydrogen) atoms. The molecule has 1 heterocycles. The van der Waals surface area contributed by atoms with Gasteiger partial charge in [0.25, 0.3) is 0 Å². The second-order valence-electron chi connectivity index (χ2n) is 6.21. The van der Waals surface area contributed by atoms with Crippen LogP contribution in [0, 0.1) is 5.41 Å². The third-order valence-electron chi connectivity index (χ3n) is 4.04. The van der Waals surface area contributed by atoms with Gasteiger partial charge in [-0.05, 0) is 57.7 Å². The lowest BCUT2D eigenvalue weighted by atomic mass is 9.88. The summed E-state index contributed by atoms with van der Waals surface area (Å²) >= 11 is 0. The Morgan fingerprint density at radius 1 is 1.25 bits per heavy atom. The third-order valence-corrected chi connectivity index (χ3v) is 4.04. The Labute approximate surface area is 102 Å². The predicted molar refractivity (Wildman–Crippen MR) is 71.6 cm³/mol. The Morgan fingerprint density at radius 3 is 2.69 bits per heavy atom. The van der Waals surface area contributed by atoms with Crippen LogP contribution in [0.15, 0.2) is 0 Å². The number of nitrogens with zero attached hydrogens (tertiary/aromatic N) is 1. The Bertz CT molecular complexity index is 189. The maximum absolute atomic E-state index is 5.76. The summed E-state index contributed by atoms with van der Waals surface area (Å²) < 4.78 is 0. The summed E-state index contributed by atoms with van der Waals surface area (Å²) in [5.74, 6) is 0.